The van der Waals surface area contributed by atoms with Crippen LogP contribution in [0, 0.1) is 0 Å². The fourth-order valence-corrected chi connectivity index (χ4v) is 2.35. The van der Waals surface area contributed by atoms with Gasteiger partial charge in [-0.25, -0.2) is 4.79 Å². The predicted octanol–water partition coefficient (Wildman–Crippen LogP) is 1.96. The number of aliphatic hydroxyl groups is 1. The van der Waals surface area contributed by atoms with Crippen LogP contribution >= 0.6 is 0 Å². The molecule has 0 bridgehead atoms. The zero-order chi connectivity index (χ0) is 16.4. The fraction of sp³-hybridized carbons (Fsp3) is 0.867. The van der Waals surface area contributed by atoms with Crippen LogP contribution in [0.25, 0.3) is 0 Å². The number of hydrogen-bond donors (Lipinski definition) is 1. The largest absolute Gasteiger partial charge is 0.444 e. The number of nitrogens with zero attached hydrogens (tertiary/aromatic N) is 2. The Bertz CT molecular complexity index is 395. The van der Waals surface area contributed by atoms with E-state index in [1.807, 2.05) is 20.8 Å². The molecule has 6 nitrogen and oxygen atoms in total. The number of amides is 2. The van der Waals surface area contributed by atoms with E-state index in [-0.39, 0.29) is 12.6 Å². The SMILES string of the molecule is CC(C)(C)OC(=O)N1CCCC1C(=O)N(CO)C(C)(C)C. The highest BCUT2D eigenvalue weighted by Gasteiger charge is 2.40. The van der Waals surface area contributed by atoms with Gasteiger partial charge in [-0.05, 0) is 54.4 Å². The van der Waals surface area contributed by atoms with Crippen LogP contribution in [0.2, 0.25) is 0 Å². The Labute approximate surface area is 127 Å². The number of carbonyl (C=O) groups excluding carboxylic acids is 2. The van der Waals surface area contributed by atoms with Gasteiger partial charge in [0.25, 0.3) is 0 Å². The molecular formula is C15H28N2O4. The first-order valence-corrected chi connectivity index (χ1v) is 7.39. The first-order chi connectivity index (χ1) is 9.47. The van der Waals surface area contributed by atoms with Crippen molar-refractivity contribution in [1.82, 2.24) is 9.80 Å². The van der Waals surface area contributed by atoms with E-state index in [2.05, 4.69) is 0 Å². The fourth-order valence-electron chi connectivity index (χ4n) is 2.35. The van der Waals surface area contributed by atoms with E-state index in [0.717, 1.165) is 6.42 Å². The Morgan fingerprint density at radius 2 is 1.81 bits per heavy atom. The summed E-state index contributed by atoms with van der Waals surface area (Å²) in [7, 11) is 0. The van der Waals surface area contributed by atoms with Crippen molar-refractivity contribution in [2.45, 2.75) is 71.6 Å². The highest BCUT2D eigenvalue weighted by atomic mass is 16.6. The Balaban J connectivity index is 2.86. The van der Waals surface area contributed by atoms with Gasteiger partial charge in [-0.3, -0.25) is 9.69 Å². The smallest absolute Gasteiger partial charge is 0.410 e. The lowest BCUT2D eigenvalue weighted by atomic mass is 10.0. The summed E-state index contributed by atoms with van der Waals surface area (Å²) in [6.45, 7) is 11.1. The van der Waals surface area contributed by atoms with Crippen LogP contribution < -0.4 is 0 Å². The Morgan fingerprint density at radius 1 is 1.24 bits per heavy atom. The predicted molar refractivity (Wildman–Crippen MR) is 79.6 cm³/mol. The summed E-state index contributed by atoms with van der Waals surface area (Å²) in [5, 5.41) is 9.47. The molecule has 1 unspecified atom stereocenters. The monoisotopic (exact) mass is 300 g/mol. The van der Waals surface area contributed by atoms with Crippen molar-refractivity contribution < 1.29 is 19.4 Å². The van der Waals surface area contributed by atoms with E-state index in [0.29, 0.717) is 13.0 Å². The summed E-state index contributed by atoms with van der Waals surface area (Å²) in [6, 6.07) is -0.550. The number of aliphatic hydroxyl groups excluding tert-OH is 1. The normalized spacial score (nSPS) is 19.6. The molecule has 0 aliphatic carbocycles. The summed E-state index contributed by atoms with van der Waals surface area (Å²) in [6.07, 6.45) is 0.897. The van der Waals surface area contributed by atoms with E-state index in [1.165, 1.54) is 9.80 Å². The summed E-state index contributed by atoms with van der Waals surface area (Å²) < 4.78 is 5.35. The zero-order valence-electron chi connectivity index (χ0n) is 14.0. The molecule has 1 aliphatic rings. The van der Waals surface area contributed by atoms with Crippen molar-refractivity contribution in [3.63, 3.8) is 0 Å². The first kappa shape index (κ1) is 17.8. The lowest BCUT2D eigenvalue weighted by Gasteiger charge is -2.37. The molecule has 2 amide bonds. The molecule has 1 fully saturated rings. The topological polar surface area (TPSA) is 70.1 Å². The molecule has 0 spiro atoms. The lowest BCUT2D eigenvalue weighted by Crippen LogP contribution is -2.54. The van der Waals surface area contributed by atoms with Gasteiger partial charge in [0.05, 0.1) is 0 Å². The van der Waals surface area contributed by atoms with Crippen molar-refractivity contribution in [3.8, 4) is 0 Å². The number of carbonyl (C=O) groups is 2. The second-order valence-electron chi connectivity index (χ2n) is 7.41. The van der Waals surface area contributed by atoms with Crippen molar-refractivity contribution in [2.24, 2.45) is 0 Å². The number of likely N-dealkylation sites (tertiary alicyclic amines) is 1. The molecule has 0 aromatic heterocycles. The van der Waals surface area contributed by atoms with Gasteiger partial charge in [0.15, 0.2) is 0 Å². The molecule has 0 radical (unpaired) electrons. The summed E-state index contributed by atoms with van der Waals surface area (Å²) in [5.41, 5.74) is -1.08. The molecule has 6 heteroatoms. The molecule has 1 N–H and O–H groups in total. The Morgan fingerprint density at radius 3 is 2.24 bits per heavy atom. The molecule has 0 saturated carbocycles. The third-order valence-corrected chi connectivity index (χ3v) is 3.38. The zero-order valence-corrected chi connectivity index (χ0v) is 14.0. The number of hydrogen-bond acceptors (Lipinski definition) is 4. The first-order valence-electron chi connectivity index (χ1n) is 7.39. The average molecular weight is 300 g/mol. The molecule has 21 heavy (non-hydrogen) atoms. The van der Waals surface area contributed by atoms with Gasteiger partial charge in [0.1, 0.15) is 18.4 Å². The molecule has 1 saturated heterocycles. The van der Waals surface area contributed by atoms with Crippen LogP contribution in [0.4, 0.5) is 4.79 Å². The average Bonchev–Trinajstić information content (AvgIpc) is 2.73. The van der Waals surface area contributed by atoms with Crippen LogP contribution in [0.1, 0.15) is 54.4 Å². The molecule has 0 aromatic carbocycles. The van der Waals surface area contributed by atoms with Gasteiger partial charge in [-0.2, -0.15) is 0 Å². The van der Waals surface area contributed by atoms with Gasteiger partial charge in [-0.1, -0.05) is 0 Å². The molecule has 1 rings (SSSR count). The van der Waals surface area contributed by atoms with Gasteiger partial charge < -0.3 is 14.7 Å². The number of ether oxygens (including phenoxy) is 1. The van der Waals surface area contributed by atoms with Crippen LogP contribution in [0.15, 0.2) is 0 Å². The van der Waals surface area contributed by atoms with Gasteiger partial charge in [0.2, 0.25) is 5.91 Å². The van der Waals surface area contributed by atoms with E-state index < -0.39 is 23.3 Å². The van der Waals surface area contributed by atoms with E-state index >= 15 is 0 Å². The van der Waals surface area contributed by atoms with Crippen molar-refractivity contribution in [2.75, 3.05) is 13.3 Å². The summed E-state index contributed by atoms with van der Waals surface area (Å²) in [5.74, 6) is -0.228. The van der Waals surface area contributed by atoms with Gasteiger partial charge in [-0.15, -0.1) is 0 Å². The number of rotatable bonds is 2. The third kappa shape index (κ3) is 4.59. The lowest BCUT2D eigenvalue weighted by molar-refractivity contribution is -0.145. The second-order valence-corrected chi connectivity index (χ2v) is 7.41. The van der Waals surface area contributed by atoms with Crippen molar-refractivity contribution >= 4 is 12.0 Å². The van der Waals surface area contributed by atoms with Crippen molar-refractivity contribution in [3.05, 3.63) is 0 Å². The molecule has 122 valence electrons. The highest BCUT2D eigenvalue weighted by Crippen LogP contribution is 2.25. The van der Waals surface area contributed by atoms with Crippen LogP contribution in [0.5, 0.6) is 0 Å². The van der Waals surface area contributed by atoms with Gasteiger partial charge in [0, 0.05) is 12.1 Å². The minimum absolute atomic E-state index is 0.228. The second kappa shape index (κ2) is 6.22. The van der Waals surface area contributed by atoms with E-state index in [4.69, 9.17) is 4.74 Å². The van der Waals surface area contributed by atoms with E-state index in [9.17, 15) is 14.7 Å². The molecule has 0 aromatic rings. The van der Waals surface area contributed by atoms with Crippen LogP contribution in [-0.2, 0) is 9.53 Å². The highest BCUT2D eigenvalue weighted by molar-refractivity contribution is 5.86. The van der Waals surface area contributed by atoms with E-state index in [1.54, 1.807) is 20.8 Å². The minimum atomic E-state index is -0.589. The quantitative estimate of drug-likeness (QED) is 0.792. The van der Waals surface area contributed by atoms with Crippen molar-refractivity contribution in [1.29, 1.82) is 0 Å². The molecule has 1 heterocycles. The van der Waals surface area contributed by atoms with Crippen LogP contribution in [0.3, 0.4) is 0 Å². The summed E-state index contributed by atoms with van der Waals surface area (Å²) >= 11 is 0. The maximum absolute atomic E-state index is 12.6. The standard InChI is InChI=1S/C15H28N2O4/c1-14(2,3)17(10-18)12(19)11-8-7-9-16(11)13(20)21-15(4,5)6/h11,18H,7-10H2,1-6H3. The molecular weight excluding hydrogens is 272 g/mol. The third-order valence-electron chi connectivity index (χ3n) is 3.38. The Hall–Kier alpha value is -1.30. The van der Waals surface area contributed by atoms with Crippen LogP contribution in [-0.4, -0.2) is 57.4 Å². The maximum atomic E-state index is 12.6. The Kier molecular flexibility index (Phi) is 5.25. The molecule has 1 aliphatic heterocycles. The molecule has 1 atom stereocenters. The summed E-state index contributed by atoms with van der Waals surface area (Å²) in [4.78, 5) is 27.7. The maximum Gasteiger partial charge on any atom is 0.410 e. The van der Waals surface area contributed by atoms with Gasteiger partial charge >= 0.3 is 6.09 Å². The minimum Gasteiger partial charge on any atom is -0.444 e.